The van der Waals surface area contributed by atoms with E-state index in [2.05, 4.69) is 17.0 Å². The van der Waals surface area contributed by atoms with Gasteiger partial charge in [0.1, 0.15) is 5.82 Å². The average Bonchev–Trinajstić information content (AvgIpc) is 2.68. The van der Waals surface area contributed by atoms with Crippen LogP contribution in [0, 0.1) is 5.82 Å². The van der Waals surface area contributed by atoms with E-state index in [-0.39, 0.29) is 18.1 Å². The molecule has 0 spiro atoms. The van der Waals surface area contributed by atoms with E-state index in [4.69, 9.17) is 4.74 Å². The molecule has 1 fully saturated rings. The first kappa shape index (κ1) is 18.1. The molecule has 2 aromatic carbocycles. The zero-order chi connectivity index (χ0) is 18.4. The molecule has 0 aliphatic carbocycles. The highest BCUT2D eigenvalue weighted by Gasteiger charge is 2.22. The first-order valence-electron chi connectivity index (χ1n) is 8.58. The number of rotatable bonds is 5. The van der Waals surface area contributed by atoms with Gasteiger partial charge in [-0.1, -0.05) is 30.3 Å². The van der Waals surface area contributed by atoms with Gasteiger partial charge >= 0.3 is 5.97 Å². The first-order valence-corrected chi connectivity index (χ1v) is 8.58. The molecule has 1 heterocycles. The van der Waals surface area contributed by atoms with Gasteiger partial charge in [0.2, 0.25) is 0 Å². The Morgan fingerprint density at radius 3 is 2.23 bits per heavy atom. The SMILES string of the molecule is O=C(OCC(=O)N1CCN(Cc2ccccc2)CC1)c1ccc(F)cc1. The number of hydrogen-bond donors (Lipinski definition) is 0. The highest BCUT2D eigenvalue weighted by atomic mass is 19.1. The number of halogens is 1. The number of esters is 1. The van der Waals surface area contributed by atoms with Crippen LogP contribution in [-0.4, -0.2) is 54.5 Å². The topological polar surface area (TPSA) is 49.9 Å². The molecule has 1 amide bonds. The molecule has 1 saturated heterocycles. The molecular weight excluding hydrogens is 335 g/mol. The fourth-order valence-electron chi connectivity index (χ4n) is 2.88. The van der Waals surface area contributed by atoms with Gasteiger partial charge in [-0.15, -0.1) is 0 Å². The molecule has 6 heteroatoms. The summed E-state index contributed by atoms with van der Waals surface area (Å²) in [6.07, 6.45) is 0. The summed E-state index contributed by atoms with van der Waals surface area (Å²) in [4.78, 5) is 28.1. The Labute approximate surface area is 152 Å². The van der Waals surface area contributed by atoms with E-state index in [0.717, 1.165) is 19.6 Å². The van der Waals surface area contributed by atoms with Gasteiger partial charge in [0.25, 0.3) is 5.91 Å². The number of nitrogens with zero attached hydrogens (tertiary/aromatic N) is 2. The molecule has 0 atom stereocenters. The van der Waals surface area contributed by atoms with E-state index < -0.39 is 11.8 Å². The summed E-state index contributed by atoms with van der Waals surface area (Å²) in [6, 6.07) is 15.3. The fourth-order valence-corrected chi connectivity index (χ4v) is 2.88. The molecule has 2 aromatic rings. The molecule has 0 unspecified atom stereocenters. The van der Waals surface area contributed by atoms with Crippen molar-refractivity contribution >= 4 is 11.9 Å². The minimum absolute atomic E-state index is 0.208. The van der Waals surface area contributed by atoms with Crippen molar-refractivity contribution in [2.45, 2.75) is 6.54 Å². The lowest BCUT2D eigenvalue weighted by atomic mass is 10.2. The Balaban J connectivity index is 1.42. The van der Waals surface area contributed by atoms with Crippen LogP contribution in [-0.2, 0) is 16.1 Å². The van der Waals surface area contributed by atoms with Crippen LogP contribution >= 0.6 is 0 Å². The highest BCUT2D eigenvalue weighted by molar-refractivity contribution is 5.91. The summed E-state index contributed by atoms with van der Waals surface area (Å²) in [5.74, 6) is -1.26. The molecule has 0 saturated carbocycles. The summed E-state index contributed by atoms with van der Waals surface area (Å²) in [5.41, 5.74) is 1.48. The summed E-state index contributed by atoms with van der Waals surface area (Å²) in [7, 11) is 0. The predicted molar refractivity (Wildman–Crippen MR) is 95.0 cm³/mol. The standard InChI is InChI=1S/C20H21FN2O3/c21-18-8-6-17(7-9-18)20(25)26-15-19(24)23-12-10-22(11-13-23)14-16-4-2-1-3-5-16/h1-9H,10-15H2. The van der Waals surface area contributed by atoms with Crippen molar-refractivity contribution in [2.75, 3.05) is 32.8 Å². The van der Waals surface area contributed by atoms with Crippen molar-refractivity contribution in [3.05, 3.63) is 71.5 Å². The van der Waals surface area contributed by atoms with Crippen molar-refractivity contribution in [1.29, 1.82) is 0 Å². The van der Waals surface area contributed by atoms with Crippen LogP contribution < -0.4 is 0 Å². The van der Waals surface area contributed by atoms with E-state index >= 15 is 0 Å². The molecule has 0 N–H and O–H groups in total. The minimum Gasteiger partial charge on any atom is -0.452 e. The normalized spacial score (nSPS) is 14.9. The first-order chi connectivity index (χ1) is 12.6. The average molecular weight is 356 g/mol. The molecule has 3 rings (SSSR count). The quantitative estimate of drug-likeness (QED) is 0.772. The Kier molecular flexibility index (Phi) is 5.96. The second kappa shape index (κ2) is 8.58. The molecule has 26 heavy (non-hydrogen) atoms. The lowest BCUT2D eigenvalue weighted by Crippen LogP contribution is -2.49. The number of benzene rings is 2. The summed E-state index contributed by atoms with van der Waals surface area (Å²) in [6.45, 7) is 3.36. The maximum Gasteiger partial charge on any atom is 0.338 e. The van der Waals surface area contributed by atoms with Crippen molar-refractivity contribution in [1.82, 2.24) is 9.80 Å². The number of piperazine rings is 1. The molecule has 0 aromatic heterocycles. The second-order valence-electron chi connectivity index (χ2n) is 6.23. The zero-order valence-electron chi connectivity index (χ0n) is 14.4. The smallest absolute Gasteiger partial charge is 0.338 e. The van der Waals surface area contributed by atoms with E-state index in [1.807, 2.05) is 18.2 Å². The third-order valence-corrected chi connectivity index (χ3v) is 4.38. The van der Waals surface area contributed by atoms with Crippen molar-refractivity contribution in [3.63, 3.8) is 0 Å². The van der Waals surface area contributed by atoms with Crippen molar-refractivity contribution in [2.24, 2.45) is 0 Å². The number of carbonyl (C=O) groups is 2. The maximum absolute atomic E-state index is 12.9. The van der Waals surface area contributed by atoms with Gasteiger partial charge in [0.15, 0.2) is 6.61 Å². The van der Waals surface area contributed by atoms with E-state index in [1.54, 1.807) is 4.90 Å². The summed E-state index contributed by atoms with van der Waals surface area (Å²) < 4.78 is 17.9. The lowest BCUT2D eigenvalue weighted by molar-refractivity contribution is -0.136. The van der Waals surface area contributed by atoms with E-state index in [9.17, 15) is 14.0 Å². The Morgan fingerprint density at radius 1 is 0.923 bits per heavy atom. The van der Waals surface area contributed by atoms with E-state index in [0.29, 0.717) is 13.1 Å². The Hall–Kier alpha value is -2.73. The molecule has 136 valence electrons. The Morgan fingerprint density at radius 2 is 1.58 bits per heavy atom. The van der Waals surface area contributed by atoms with Gasteiger partial charge < -0.3 is 9.64 Å². The zero-order valence-corrected chi connectivity index (χ0v) is 14.4. The largest absolute Gasteiger partial charge is 0.452 e. The predicted octanol–water partition coefficient (Wildman–Crippen LogP) is 2.33. The van der Waals surface area contributed by atoms with Gasteiger partial charge in [-0.25, -0.2) is 9.18 Å². The monoisotopic (exact) mass is 356 g/mol. The number of amides is 1. The molecule has 1 aliphatic heterocycles. The minimum atomic E-state index is -0.624. The van der Waals surface area contributed by atoms with Gasteiger partial charge in [0.05, 0.1) is 5.56 Å². The number of carbonyl (C=O) groups excluding carboxylic acids is 2. The number of hydrogen-bond acceptors (Lipinski definition) is 4. The highest BCUT2D eigenvalue weighted by Crippen LogP contribution is 2.09. The molecule has 0 bridgehead atoms. The summed E-state index contributed by atoms with van der Waals surface area (Å²) >= 11 is 0. The van der Waals surface area contributed by atoms with Crippen LogP contribution in [0.3, 0.4) is 0 Å². The summed E-state index contributed by atoms with van der Waals surface area (Å²) in [5, 5.41) is 0. The molecule has 5 nitrogen and oxygen atoms in total. The van der Waals surface area contributed by atoms with Crippen LogP contribution in [0.4, 0.5) is 4.39 Å². The molecular formula is C20H21FN2O3. The maximum atomic E-state index is 12.9. The third-order valence-electron chi connectivity index (χ3n) is 4.38. The Bertz CT molecular complexity index is 741. The van der Waals surface area contributed by atoms with E-state index in [1.165, 1.54) is 29.8 Å². The second-order valence-corrected chi connectivity index (χ2v) is 6.23. The van der Waals surface area contributed by atoms with Crippen LogP contribution in [0.1, 0.15) is 15.9 Å². The van der Waals surface area contributed by atoms with Crippen LogP contribution in [0.15, 0.2) is 54.6 Å². The van der Waals surface area contributed by atoms with Crippen LogP contribution in [0.25, 0.3) is 0 Å². The fraction of sp³-hybridized carbons (Fsp3) is 0.300. The van der Waals surface area contributed by atoms with Crippen LogP contribution in [0.5, 0.6) is 0 Å². The van der Waals surface area contributed by atoms with Gasteiger partial charge in [-0.2, -0.15) is 0 Å². The van der Waals surface area contributed by atoms with Gasteiger partial charge in [-0.3, -0.25) is 9.69 Å². The van der Waals surface area contributed by atoms with Crippen molar-refractivity contribution < 1.29 is 18.7 Å². The molecule has 1 aliphatic rings. The molecule has 0 radical (unpaired) electrons. The lowest BCUT2D eigenvalue weighted by Gasteiger charge is -2.34. The van der Waals surface area contributed by atoms with Gasteiger partial charge in [-0.05, 0) is 29.8 Å². The van der Waals surface area contributed by atoms with Gasteiger partial charge in [0, 0.05) is 32.7 Å². The number of ether oxygens (including phenoxy) is 1. The van der Waals surface area contributed by atoms with Crippen LogP contribution in [0.2, 0.25) is 0 Å². The van der Waals surface area contributed by atoms with Crippen molar-refractivity contribution in [3.8, 4) is 0 Å². The third kappa shape index (κ3) is 4.89.